The third kappa shape index (κ3) is 1.61. The second-order valence-corrected chi connectivity index (χ2v) is 5.11. The van der Waals surface area contributed by atoms with Gasteiger partial charge in [-0.25, -0.2) is 0 Å². The number of phenols is 1. The van der Waals surface area contributed by atoms with E-state index < -0.39 is 0 Å². The first kappa shape index (κ1) is 10.2. The predicted molar refractivity (Wildman–Crippen MR) is 64.5 cm³/mol. The SMILES string of the molecule is CCC1CC1NC1CCc2c(O)cccc21. The van der Waals surface area contributed by atoms with E-state index in [1.165, 1.54) is 18.4 Å². The first-order valence-electron chi connectivity index (χ1n) is 6.36. The maximum Gasteiger partial charge on any atom is 0.119 e. The average Bonchev–Trinajstić information content (AvgIpc) is 2.91. The van der Waals surface area contributed by atoms with E-state index in [0.29, 0.717) is 11.8 Å². The maximum absolute atomic E-state index is 9.77. The fourth-order valence-electron chi connectivity index (χ4n) is 2.97. The molecule has 1 aromatic rings. The Labute approximate surface area is 96.7 Å². The van der Waals surface area contributed by atoms with Crippen LogP contribution in [-0.4, -0.2) is 11.1 Å². The van der Waals surface area contributed by atoms with Crippen molar-refractivity contribution in [2.75, 3.05) is 0 Å². The van der Waals surface area contributed by atoms with Gasteiger partial charge in [0.15, 0.2) is 0 Å². The molecule has 1 fully saturated rings. The highest BCUT2D eigenvalue weighted by atomic mass is 16.3. The number of hydrogen-bond acceptors (Lipinski definition) is 2. The summed E-state index contributed by atoms with van der Waals surface area (Å²) >= 11 is 0. The molecule has 16 heavy (non-hydrogen) atoms. The van der Waals surface area contributed by atoms with E-state index in [9.17, 15) is 5.11 Å². The van der Waals surface area contributed by atoms with Gasteiger partial charge in [-0.1, -0.05) is 25.5 Å². The quantitative estimate of drug-likeness (QED) is 0.816. The molecule has 3 unspecified atom stereocenters. The Hall–Kier alpha value is -1.02. The molecule has 0 radical (unpaired) electrons. The Bertz CT molecular complexity index is 402. The summed E-state index contributed by atoms with van der Waals surface area (Å²) in [7, 11) is 0. The summed E-state index contributed by atoms with van der Waals surface area (Å²) in [5.41, 5.74) is 2.48. The van der Waals surface area contributed by atoms with Crippen LogP contribution in [0.2, 0.25) is 0 Å². The van der Waals surface area contributed by atoms with Crippen LogP contribution in [0.3, 0.4) is 0 Å². The molecule has 1 aromatic carbocycles. The van der Waals surface area contributed by atoms with Gasteiger partial charge in [-0.15, -0.1) is 0 Å². The van der Waals surface area contributed by atoms with E-state index in [4.69, 9.17) is 0 Å². The van der Waals surface area contributed by atoms with E-state index in [-0.39, 0.29) is 0 Å². The summed E-state index contributed by atoms with van der Waals surface area (Å²) in [5, 5.41) is 13.5. The number of nitrogens with one attached hydrogen (secondary N) is 1. The molecular weight excluding hydrogens is 198 g/mol. The third-order valence-corrected chi connectivity index (χ3v) is 4.11. The monoisotopic (exact) mass is 217 g/mol. The van der Waals surface area contributed by atoms with Gasteiger partial charge in [0.05, 0.1) is 0 Å². The van der Waals surface area contributed by atoms with Gasteiger partial charge in [0.2, 0.25) is 0 Å². The Kier molecular flexibility index (Phi) is 2.40. The molecule has 3 atom stereocenters. The summed E-state index contributed by atoms with van der Waals surface area (Å²) in [5.74, 6) is 1.37. The third-order valence-electron chi connectivity index (χ3n) is 4.11. The Morgan fingerprint density at radius 3 is 3.06 bits per heavy atom. The lowest BCUT2D eigenvalue weighted by molar-refractivity contribution is 0.469. The molecule has 1 saturated carbocycles. The summed E-state index contributed by atoms with van der Waals surface area (Å²) in [6.07, 6.45) is 4.78. The van der Waals surface area contributed by atoms with Crippen LogP contribution in [-0.2, 0) is 6.42 Å². The lowest BCUT2D eigenvalue weighted by Gasteiger charge is -2.14. The van der Waals surface area contributed by atoms with E-state index in [2.05, 4.69) is 18.3 Å². The minimum atomic E-state index is 0.476. The molecule has 0 aliphatic heterocycles. The number of hydrogen-bond donors (Lipinski definition) is 2. The Morgan fingerprint density at radius 2 is 2.31 bits per heavy atom. The van der Waals surface area contributed by atoms with E-state index in [1.54, 1.807) is 6.07 Å². The Balaban J connectivity index is 1.74. The summed E-state index contributed by atoms with van der Waals surface area (Å²) < 4.78 is 0. The lowest BCUT2D eigenvalue weighted by atomic mass is 10.1. The maximum atomic E-state index is 9.77. The highest BCUT2D eigenvalue weighted by Gasteiger charge is 2.38. The van der Waals surface area contributed by atoms with Crippen molar-refractivity contribution in [3.05, 3.63) is 29.3 Å². The molecule has 0 heterocycles. The average molecular weight is 217 g/mol. The molecule has 2 aliphatic carbocycles. The second-order valence-electron chi connectivity index (χ2n) is 5.11. The van der Waals surface area contributed by atoms with Crippen LogP contribution < -0.4 is 5.32 Å². The van der Waals surface area contributed by atoms with Crippen molar-refractivity contribution in [1.82, 2.24) is 5.32 Å². The normalized spacial score (nSPS) is 31.4. The number of benzene rings is 1. The van der Waals surface area contributed by atoms with Gasteiger partial charge in [0.25, 0.3) is 0 Å². The smallest absolute Gasteiger partial charge is 0.119 e. The standard InChI is InChI=1S/C14H19NO/c1-2-9-8-13(9)15-12-7-6-11-10(12)4-3-5-14(11)16/h3-5,9,12-13,15-16H,2,6-8H2,1H3. The van der Waals surface area contributed by atoms with Crippen molar-refractivity contribution in [2.24, 2.45) is 5.92 Å². The molecule has 2 heteroatoms. The van der Waals surface area contributed by atoms with Crippen molar-refractivity contribution >= 4 is 0 Å². The van der Waals surface area contributed by atoms with Crippen LogP contribution in [0, 0.1) is 5.92 Å². The lowest BCUT2D eigenvalue weighted by Crippen LogP contribution is -2.22. The summed E-state index contributed by atoms with van der Waals surface area (Å²) in [6, 6.07) is 7.11. The number of phenolic OH excluding ortho intramolecular Hbond substituents is 1. The molecule has 0 aromatic heterocycles. The first-order chi connectivity index (χ1) is 7.79. The molecule has 86 valence electrons. The van der Waals surface area contributed by atoms with E-state index in [0.717, 1.165) is 30.4 Å². The van der Waals surface area contributed by atoms with Gasteiger partial charge in [-0.3, -0.25) is 0 Å². The van der Waals surface area contributed by atoms with Gasteiger partial charge >= 0.3 is 0 Å². The highest BCUT2D eigenvalue weighted by molar-refractivity contribution is 5.44. The van der Waals surface area contributed by atoms with Gasteiger partial charge in [0.1, 0.15) is 5.75 Å². The molecule has 2 N–H and O–H groups in total. The summed E-state index contributed by atoms with van der Waals surface area (Å²) in [6.45, 7) is 2.26. The molecule has 3 rings (SSSR count). The van der Waals surface area contributed by atoms with E-state index in [1.807, 2.05) is 6.07 Å². The van der Waals surface area contributed by atoms with Crippen LogP contribution in [0.25, 0.3) is 0 Å². The predicted octanol–water partition coefficient (Wildman–Crippen LogP) is 2.77. The fourth-order valence-corrected chi connectivity index (χ4v) is 2.97. The van der Waals surface area contributed by atoms with Crippen LogP contribution in [0.1, 0.15) is 43.4 Å². The van der Waals surface area contributed by atoms with Crippen LogP contribution in [0.15, 0.2) is 18.2 Å². The number of rotatable bonds is 3. The molecule has 0 saturated heterocycles. The van der Waals surface area contributed by atoms with Crippen LogP contribution in [0.5, 0.6) is 5.75 Å². The largest absolute Gasteiger partial charge is 0.508 e. The number of fused-ring (bicyclic) bond motifs is 1. The van der Waals surface area contributed by atoms with Gasteiger partial charge in [-0.05, 0) is 42.4 Å². The van der Waals surface area contributed by atoms with Crippen molar-refractivity contribution < 1.29 is 5.11 Å². The fraction of sp³-hybridized carbons (Fsp3) is 0.571. The van der Waals surface area contributed by atoms with Gasteiger partial charge in [0, 0.05) is 12.1 Å². The topological polar surface area (TPSA) is 32.3 Å². The van der Waals surface area contributed by atoms with E-state index >= 15 is 0 Å². The zero-order valence-electron chi connectivity index (χ0n) is 9.74. The zero-order valence-corrected chi connectivity index (χ0v) is 9.74. The highest BCUT2D eigenvalue weighted by Crippen LogP contribution is 2.40. The van der Waals surface area contributed by atoms with Crippen molar-refractivity contribution in [1.29, 1.82) is 0 Å². The number of aromatic hydroxyl groups is 1. The van der Waals surface area contributed by atoms with Crippen molar-refractivity contribution in [2.45, 2.75) is 44.7 Å². The van der Waals surface area contributed by atoms with Crippen molar-refractivity contribution in [3.63, 3.8) is 0 Å². The molecule has 0 amide bonds. The molecule has 0 bridgehead atoms. The summed E-state index contributed by atoms with van der Waals surface area (Å²) in [4.78, 5) is 0. The van der Waals surface area contributed by atoms with Crippen LogP contribution in [0.4, 0.5) is 0 Å². The second kappa shape index (κ2) is 3.77. The molecule has 0 spiro atoms. The minimum absolute atomic E-state index is 0.476. The van der Waals surface area contributed by atoms with Crippen molar-refractivity contribution in [3.8, 4) is 5.75 Å². The molecule has 2 aliphatic rings. The zero-order chi connectivity index (χ0) is 11.1. The Morgan fingerprint density at radius 1 is 1.44 bits per heavy atom. The van der Waals surface area contributed by atoms with Crippen LogP contribution >= 0.6 is 0 Å². The molecular formula is C14H19NO. The minimum Gasteiger partial charge on any atom is -0.508 e. The molecule has 2 nitrogen and oxygen atoms in total. The van der Waals surface area contributed by atoms with Gasteiger partial charge < -0.3 is 10.4 Å². The van der Waals surface area contributed by atoms with Gasteiger partial charge in [-0.2, -0.15) is 0 Å². The first-order valence-corrected chi connectivity index (χ1v) is 6.36.